The summed E-state index contributed by atoms with van der Waals surface area (Å²) in [6.45, 7) is 0.804. The third-order valence-corrected chi connectivity index (χ3v) is 6.10. The molecule has 12 heteroatoms. The van der Waals surface area contributed by atoms with Crippen LogP contribution >= 0.6 is 11.6 Å². The molecule has 0 bridgehead atoms. The number of amides is 1. The highest BCUT2D eigenvalue weighted by atomic mass is 35.5. The predicted octanol–water partition coefficient (Wildman–Crippen LogP) is 5.35. The summed E-state index contributed by atoms with van der Waals surface area (Å²) in [5.74, 6) is -0.404. The Kier molecular flexibility index (Phi) is 8.33. The first-order valence-corrected chi connectivity index (χ1v) is 11.4. The van der Waals surface area contributed by atoms with Gasteiger partial charge in [0.15, 0.2) is 0 Å². The van der Waals surface area contributed by atoms with Gasteiger partial charge in [0.25, 0.3) is 5.91 Å². The second-order valence-corrected chi connectivity index (χ2v) is 8.88. The number of carbonyl (C=O) groups is 1. The van der Waals surface area contributed by atoms with Crippen molar-refractivity contribution in [2.24, 2.45) is 5.73 Å². The van der Waals surface area contributed by atoms with Crippen LogP contribution in [0.5, 0.6) is 0 Å². The van der Waals surface area contributed by atoms with E-state index in [1.807, 2.05) is 0 Å². The molecule has 3 rings (SSSR count). The quantitative estimate of drug-likeness (QED) is 0.371. The average Bonchev–Trinajstić information content (AvgIpc) is 3.33. The van der Waals surface area contributed by atoms with Gasteiger partial charge >= 0.3 is 12.4 Å². The summed E-state index contributed by atoms with van der Waals surface area (Å²) in [4.78, 5) is 16.2. The number of rotatable bonds is 7. The third kappa shape index (κ3) is 6.77. The first-order chi connectivity index (χ1) is 16.8. The molecule has 0 spiro atoms. The summed E-state index contributed by atoms with van der Waals surface area (Å²) in [6.07, 6.45) is -8.33. The fourth-order valence-corrected chi connectivity index (χ4v) is 4.08. The molecule has 2 aromatic rings. The van der Waals surface area contributed by atoms with Crippen LogP contribution in [-0.4, -0.2) is 35.8 Å². The van der Waals surface area contributed by atoms with Crippen LogP contribution in [0.3, 0.4) is 0 Å². The van der Waals surface area contributed by atoms with Gasteiger partial charge in [-0.1, -0.05) is 29.8 Å². The Labute approximate surface area is 209 Å². The molecule has 0 saturated carbocycles. The standard InChI is InChI=1S/C24H25ClF6N4O/c1-34(14-16-6-2-3-7-19(16)25)22(36)20(32)21(35-8-4-5-9-35)33-13-15-10-17(23(26,27)28)12-18(11-15)24(29,30)31/h2-3,6-7,10-12,33H,4-5,8-9,13-14,32H2,1H3/b21-20+. The number of nitrogens with one attached hydrogen (secondary N) is 1. The number of hydrogen-bond donors (Lipinski definition) is 2. The number of halogens is 7. The van der Waals surface area contributed by atoms with Crippen molar-refractivity contribution >= 4 is 17.5 Å². The van der Waals surface area contributed by atoms with Gasteiger partial charge < -0.3 is 20.9 Å². The van der Waals surface area contributed by atoms with Gasteiger partial charge in [-0.05, 0) is 48.2 Å². The van der Waals surface area contributed by atoms with E-state index < -0.39 is 35.9 Å². The zero-order valence-electron chi connectivity index (χ0n) is 19.3. The average molecular weight is 535 g/mol. The van der Waals surface area contributed by atoms with Crippen LogP contribution in [0.1, 0.15) is 35.1 Å². The van der Waals surface area contributed by atoms with E-state index in [9.17, 15) is 31.1 Å². The molecular weight excluding hydrogens is 510 g/mol. The summed E-state index contributed by atoms with van der Waals surface area (Å²) < 4.78 is 79.4. The summed E-state index contributed by atoms with van der Waals surface area (Å²) in [5, 5.41) is 3.28. The van der Waals surface area contributed by atoms with Gasteiger partial charge in [0.2, 0.25) is 0 Å². The number of likely N-dealkylation sites (tertiary alicyclic amines) is 1. The SMILES string of the molecule is CN(Cc1ccccc1Cl)C(=O)/C(N)=C(/NCc1cc(C(F)(F)F)cc(C(F)(F)F)c1)N1CCCC1. The van der Waals surface area contributed by atoms with Gasteiger partial charge in [0.05, 0.1) is 11.1 Å². The van der Waals surface area contributed by atoms with E-state index in [1.165, 1.54) is 11.9 Å². The maximum absolute atomic E-state index is 13.2. The minimum absolute atomic E-state index is 0.0717. The van der Waals surface area contributed by atoms with Crippen LogP contribution in [0.15, 0.2) is 54.0 Å². The predicted molar refractivity (Wildman–Crippen MR) is 123 cm³/mol. The highest BCUT2D eigenvalue weighted by Gasteiger charge is 2.37. The van der Waals surface area contributed by atoms with Crippen LogP contribution in [0.4, 0.5) is 26.3 Å². The number of nitrogens with zero attached hydrogens (tertiary/aromatic N) is 2. The van der Waals surface area contributed by atoms with Crippen molar-refractivity contribution in [3.05, 3.63) is 81.3 Å². The lowest BCUT2D eigenvalue weighted by Crippen LogP contribution is -2.39. The molecule has 5 nitrogen and oxygen atoms in total. The molecule has 1 amide bonds. The van der Waals surface area contributed by atoms with E-state index in [-0.39, 0.29) is 29.7 Å². The maximum atomic E-state index is 13.2. The first kappa shape index (κ1) is 27.5. The van der Waals surface area contributed by atoms with Gasteiger partial charge in [-0.15, -0.1) is 0 Å². The number of carbonyl (C=O) groups excluding carboxylic acids is 1. The normalized spacial score (nSPS) is 15.1. The second-order valence-electron chi connectivity index (χ2n) is 8.48. The molecule has 3 N–H and O–H groups in total. The molecule has 0 aliphatic carbocycles. The second kappa shape index (κ2) is 10.9. The Balaban J connectivity index is 1.88. The van der Waals surface area contributed by atoms with E-state index in [1.54, 1.807) is 29.2 Å². The smallest absolute Gasteiger partial charge is 0.391 e. The van der Waals surface area contributed by atoms with E-state index in [4.69, 9.17) is 17.3 Å². The fourth-order valence-electron chi connectivity index (χ4n) is 3.89. The lowest BCUT2D eigenvalue weighted by molar-refractivity contribution is -0.143. The summed E-state index contributed by atoms with van der Waals surface area (Å²) in [7, 11) is 1.52. The van der Waals surface area contributed by atoms with Gasteiger partial charge in [-0.2, -0.15) is 26.3 Å². The van der Waals surface area contributed by atoms with Crippen LogP contribution in [0.2, 0.25) is 5.02 Å². The number of nitrogens with two attached hydrogens (primary N) is 1. The van der Waals surface area contributed by atoms with Crippen LogP contribution in [0, 0.1) is 0 Å². The number of alkyl halides is 6. The van der Waals surface area contributed by atoms with Crippen molar-refractivity contribution in [1.29, 1.82) is 0 Å². The zero-order valence-corrected chi connectivity index (χ0v) is 20.1. The Morgan fingerprint density at radius 2 is 1.58 bits per heavy atom. The Morgan fingerprint density at radius 1 is 1.03 bits per heavy atom. The highest BCUT2D eigenvalue weighted by Crippen LogP contribution is 2.36. The van der Waals surface area contributed by atoms with E-state index in [0.29, 0.717) is 35.8 Å². The first-order valence-electron chi connectivity index (χ1n) is 11.0. The molecule has 0 unspecified atom stereocenters. The molecule has 1 fully saturated rings. The number of benzene rings is 2. The monoisotopic (exact) mass is 534 g/mol. The molecule has 1 aliphatic heterocycles. The third-order valence-electron chi connectivity index (χ3n) is 5.73. The fraction of sp³-hybridized carbons (Fsp3) is 0.375. The summed E-state index contributed by atoms with van der Waals surface area (Å²) in [6, 6.07) is 8.29. The van der Waals surface area contributed by atoms with Crippen molar-refractivity contribution < 1.29 is 31.1 Å². The molecule has 36 heavy (non-hydrogen) atoms. The molecular formula is C24H25ClF6N4O. The Bertz CT molecular complexity index is 1090. The van der Waals surface area contributed by atoms with Crippen LogP contribution < -0.4 is 11.1 Å². The molecule has 2 aromatic carbocycles. The van der Waals surface area contributed by atoms with Gasteiger partial charge in [0.1, 0.15) is 11.5 Å². The van der Waals surface area contributed by atoms with Crippen molar-refractivity contribution in [2.75, 3.05) is 20.1 Å². The molecule has 1 saturated heterocycles. The van der Waals surface area contributed by atoms with Gasteiger partial charge in [-0.3, -0.25) is 4.79 Å². The molecule has 0 radical (unpaired) electrons. The Hall–Kier alpha value is -3.08. The van der Waals surface area contributed by atoms with Crippen molar-refractivity contribution in [3.63, 3.8) is 0 Å². The minimum Gasteiger partial charge on any atom is -0.391 e. The van der Waals surface area contributed by atoms with Crippen molar-refractivity contribution in [3.8, 4) is 0 Å². The summed E-state index contributed by atoms with van der Waals surface area (Å²) >= 11 is 6.16. The molecule has 0 aromatic heterocycles. The zero-order chi connectivity index (χ0) is 26.7. The number of likely N-dealkylation sites (N-methyl/N-ethyl adjacent to an activating group) is 1. The van der Waals surface area contributed by atoms with Crippen molar-refractivity contribution in [1.82, 2.24) is 15.1 Å². The van der Waals surface area contributed by atoms with Gasteiger partial charge in [0, 0.05) is 38.2 Å². The highest BCUT2D eigenvalue weighted by molar-refractivity contribution is 6.31. The van der Waals surface area contributed by atoms with E-state index >= 15 is 0 Å². The minimum atomic E-state index is -4.96. The maximum Gasteiger partial charge on any atom is 0.416 e. The van der Waals surface area contributed by atoms with Crippen LogP contribution in [-0.2, 0) is 30.2 Å². The van der Waals surface area contributed by atoms with Crippen molar-refractivity contribution in [2.45, 2.75) is 38.3 Å². The molecule has 1 aliphatic rings. The van der Waals surface area contributed by atoms with E-state index in [2.05, 4.69) is 5.32 Å². The topological polar surface area (TPSA) is 61.6 Å². The summed E-state index contributed by atoms with van der Waals surface area (Å²) in [5.41, 5.74) is 3.59. The Morgan fingerprint density at radius 3 is 2.11 bits per heavy atom. The molecule has 1 heterocycles. The lowest BCUT2D eigenvalue weighted by Gasteiger charge is -2.27. The lowest BCUT2D eigenvalue weighted by atomic mass is 10.0. The largest absolute Gasteiger partial charge is 0.416 e. The van der Waals surface area contributed by atoms with Gasteiger partial charge in [-0.25, -0.2) is 0 Å². The molecule has 196 valence electrons. The number of hydrogen-bond acceptors (Lipinski definition) is 4. The molecule has 0 atom stereocenters. The van der Waals surface area contributed by atoms with E-state index in [0.717, 1.165) is 12.8 Å². The van der Waals surface area contributed by atoms with Crippen LogP contribution in [0.25, 0.3) is 0 Å².